The molecule has 7 heteroatoms. The molecule has 0 saturated carbocycles. The van der Waals surface area contributed by atoms with Gasteiger partial charge in [-0.05, 0) is 18.6 Å². The molecule has 2 N–H and O–H groups in total. The molecule has 0 aliphatic rings. The van der Waals surface area contributed by atoms with Crippen molar-refractivity contribution in [2.75, 3.05) is 45.4 Å². The average molecular weight is 302 g/mol. The van der Waals surface area contributed by atoms with Crippen molar-refractivity contribution < 1.29 is 17.9 Å². The van der Waals surface area contributed by atoms with E-state index in [0.717, 1.165) is 0 Å². The molecule has 1 aromatic carbocycles. The van der Waals surface area contributed by atoms with E-state index in [1.807, 2.05) is 0 Å². The lowest BCUT2D eigenvalue weighted by Gasteiger charge is -2.17. The molecule has 0 spiro atoms. The Morgan fingerprint density at radius 3 is 2.70 bits per heavy atom. The molecule has 0 saturated heterocycles. The molecule has 0 heterocycles. The van der Waals surface area contributed by atoms with Gasteiger partial charge in [-0.25, -0.2) is 12.7 Å². The minimum Gasteiger partial charge on any atom is -0.492 e. The molecule has 1 aromatic rings. The van der Waals surface area contributed by atoms with E-state index in [9.17, 15) is 8.42 Å². The number of benzene rings is 1. The zero-order valence-corrected chi connectivity index (χ0v) is 12.7. The first-order chi connectivity index (χ1) is 9.45. The van der Waals surface area contributed by atoms with E-state index in [-0.39, 0.29) is 12.4 Å². The summed E-state index contributed by atoms with van der Waals surface area (Å²) < 4.78 is 35.5. The highest BCUT2D eigenvalue weighted by Gasteiger charge is 2.17. The third-order valence-corrected chi connectivity index (χ3v) is 4.58. The highest BCUT2D eigenvalue weighted by molar-refractivity contribution is 7.89. The Hall–Kier alpha value is -1.31. The third kappa shape index (κ3) is 5.77. The summed E-state index contributed by atoms with van der Waals surface area (Å²) in [5, 5.41) is 0. The largest absolute Gasteiger partial charge is 0.492 e. The van der Waals surface area contributed by atoms with Crippen molar-refractivity contribution in [1.82, 2.24) is 4.31 Å². The monoisotopic (exact) mass is 302 g/mol. The maximum Gasteiger partial charge on any atom is 0.217 e. The second-order valence-corrected chi connectivity index (χ2v) is 6.60. The summed E-state index contributed by atoms with van der Waals surface area (Å²) in [6, 6.07) is 6.91. The van der Waals surface area contributed by atoms with Gasteiger partial charge in [-0.3, -0.25) is 0 Å². The quantitative estimate of drug-likeness (QED) is 0.542. The molecule has 0 unspecified atom stereocenters. The molecule has 0 aliphatic carbocycles. The van der Waals surface area contributed by atoms with Crippen molar-refractivity contribution in [2.45, 2.75) is 6.42 Å². The average Bonchev–Trinajstić information content (AvgIpc) is 2.38. The Morgan fingerprint density at radius 1 is 1.30 bits per heavy atom. The molecular weight excluding hydrogens is 280 g/mol. The Kier molecular flexibility index (Phi) is 6.77. The summed E-state index contributed by atoms with van der Waals surface area (Å²) in [7, 11) is -0.147. The van der Waals surface area contributed by atoms with Crippen LogP contribution in [0.5, 0.6) is 5.75 Å². The number of rotatable bonds is 9. The van der Waals surface area contributed by atoms with Gasteiger partial charge in [-0.2, -0.15) is 0 Å². The van der Waals surface area contributed by atoms with Crippen LogP contribution in [-0.2, 0) is 14.8 Å². The fraction of sp³-hybridized carbons (Fsp3) is 0.538. The molecule has 0 radical (unpaired) electrons. The standard InChI is InChI=1S/C13H22N2O4S/c1-15(7-4-8-18-2)20(16,17)10-9-19-13-6-3-5-12(14)11-13/h3,5-6,11H,4,7-10,14H2,1-2H3. The zero-order valence-electron chi connectivity index (χ0n) is 11.9. The Labute approximate surface area is 120 Å². The second kappa shape index (κ2) is 8.08. The lowest BCUT2D eigenvalue weighted by Crippen LogP contribution is -2.32. The topological polar surface area (TPSA) is 81.9 Å². The number of nitrogens with two attached hydrogens (primary N) is 1. The predicted molar refractivity (Wildman–Crippen MR) is 79.3 cm³/mol. The molecule has 1 rings (SSSR count). The first-order valence-electron chi connectivity index (χ1n) is 6.37. The van der Waals surface area contributed by atoms with E-state index in [0.29, 0.717) is 31.0 Å². The molecule has 0 aromatic heterocycles. The van der Waals surface area contributed by atoms with Crippen LogP contribution in [0.4, 0.5) is 5.69 Å². The van der Waals surface area contributed by atoms with E-state index in [1.54, 1.807) is 38.4 Å². The van der Waals surface area contributed by atoms with E-state index < -0.39 is 10.0 Å². The van der Waals surface area contributed by atoms with Crippen molar-refractivity contribution >= 4 is 15.7 Å². The van der Waals surface area contributed by atoms with Crippen LogP contribution in [0.3, 0.4) is 0 Å². The summed E-state index contributed by atoms with van der Waals surface area (Å²) in [4.78, 5) is 0. The zero-order chi connectivity index (χ0) is 15.0. The maximum absolute atomic E-state index is 12.0. The molecule has 0 fully saturated rings. The van der Waals surface area contributed by atoms with Gasteiger partial charge in [-0.1, -0.05) is 6.07 Å². The number of sulfonamides is 1. The summed E-state index contributed by atoms with van der Waals surface area (Å²) in [5.74, 6) is 0.507. The van der Waals surface area contributed by atoms with Crippen LogP contribution in [0.2, 0.25) is 0 Å². The highest BCUT2D eigenvalue weighted by Crippen LogP contribution is 2.14. The number of nitrogens with zero attached hydrogens (tertiary/aromatic N) is 1. The van der Waals surface area contributed by atoms with Gasteiger partial charge in [0.2, 0.25) is 10.0 Å². The van der Waals surface area contributed by atoms with Crippen LogP contribution in [0, 0.1) is 0 Å². The van der Waals surface area contributed by atoms with Gasteiger partial charge >= 0.3 is 0 Å². The Morgan fingerprint density at radius 2 is 2.05 bits per heavy atom. The number of methoxy groups -OCH3 is 1. The summed E-state index contributed by atoms with van der Waals surface area (Å²) >= 11 is 0. The van der Waals surface area contributed by atoms with Crippen molar-refractivity contribution in [3.05, 3.63) is 24.3 Å². The summed E-state index contributed by atoms with van der Waals surface area (Å²) in [6.07, 6.45) is 0.669. The van der Waals surface area contributed by atoms with Crippen molar-refractivity contribution in [2.24, 2.45) is 0 Å². The SMILES string of the molecule is COCCCN(C)S(=O)(=O)CCOc1cccc(N)c1. The molecule has 114 valence electrons. The molecule has 0 bridgehead atoms. The second-order valence-electron chi connectivity index (χ2n) is 4.40. The Bertz CT molecular complexity index is 505. The predicted octanol–water partition coefficient (Wildman–Crippen LogP) is 0.946. The van der Waals surface area contributed by atoms with Gasteiger partial charge < -0.3 is 15.2 Å². The highest BCUT2D eigenvalue weighted by atomic mass is 32.2. The van der Waals surface area contributed by atoms with Gasteiger partial charge in [0.25, 0.3) is 0 Å². The van der Waals surface area contributed by atoms with Gasteiger partial charge in [0, 0.05) is 39.1 Å². The minimum atomic E-state index is -3.30. The number of nitrogen functional groups attached to an aromatic ring is 1. The Balaban J connectivity index is 2.39. The van der Waals surface area contributed by atoms with Crippen molar-refractivity contribution in [1.29, 1.82) is 0 Å². The smallest absolute Gasteiger partial charge is 0.217 e. The van der Waals surface area contributed by atoms with Crippen molar-refractivity contribution in [3.8, 4) is 5.75 Å². The first-order valence-corrected chi connectivity index (χ1v) is 7.98. The summed E-state index contributed by atoms with van der Waals surface area (Å²) in [5.41, 5.74) is 6.20. The lowest BCUT2D eigenvalue weighted by atomic mass is 10.3. The maximum atomic E-state index is 12.0. The van der Waals surface area contributed by atoms with Crippen LogP contribution in [0.15, 0.2) is 24.3 Å². The van der Waals surface area contributed by atoms with Gasteiger partial charge in [0.15, 0.2) is 0 Å². The molecule has 0 amide bonds. The number of ether oxygens (including phenoxy) is 2. The minimum absolute atomic E-state index is 0.0642. The molecule has 0 atom stereocenters. The molecule has 0 aliphatic heterocycles. The lowest BCUT2D eigenvalue weighted by molar-refractivity contribution is 0.189. The van der Waals surface area contributed by atoms with Crippen molar-refractivity contribution in [3.63, 3.8) is 0 Å². The van der Waals surface area contributed by atoms with Gasteiger partial charge in [-0.15, -0.1) is 0 Å². The molecule has 6 nitrogen and oxygen atoms in total. The first kappa shape index (κ1) is 16.7. The van der Waals surface area contributed by atoms with Crippen LogP contribution in [0.25, 0.3) is 0 Å². The van der Waals surface area contributed by atoms with Gasteiger partial charge in [0.05, 0.1) is 5.75 Å². The van der Waals surface area contributed by atoms with E-state index >= 15 is 0 Å². The number of hydrogen-bond acceptors (Lipinski definition) is 5. The van der Waals surface area contributed by atoms with E-state index in [4.69, 9.17) is 15.2 Å². The van der Waals surface area contributed by atoms with Crippen LogP contribution >= 0.6 is 0 Å². The van der Waals surface area contributed by atoms with E-state index in [1.165, 1.54) is 4.31 Å². The fourth-order valence-corrected chi connectivity index (χ4v) is 2.61. The third-order valence-electron chi connectivity index (χ3n) is 2.76. The summed E-state index contributed by atoms with van der Waals surface area (Å²) in [6.45, 7) is 1.08. The normalized spacial score (nSPS) is 11.8. The van der Waals surface area contributed by atoms with Crippen LogP contribution in [0.1, 0.15) is 6.42 Å². The molecule has 20 heavy (non-hydrogen) atoms. The fourth-order valence-electron chi connectivity index (χ4n) is 1.60. The van der Waals surface area contributed by atoms with Crippen LogP contribution < -0.4 is 10.5 Å². The van der Waals surface area contributed by atoms with E-state index in [2.05, 4.69) is 0 Å². The number of hydrogen-bond donors (Lipinski definition) is 1. The van der Waals surface area contributed by atoms with Crippen LogP contribution in [-0.4, -0.2) is 52.4 Å². The van der Waals surface area contributed by atoms with Gasteiger partial charge in [0.1, 0.15) is 12.4 Å². The number of anilines is 1. The molecular formula is C13H22N2O4S.